The molecular weight excluding hydrogens is 422 g/mol. The van der Waals surface area contributed by atoms with Gasteiger partial charge in [0.15, 0.2) is 0 Å². The fourth-order valence-corrected chi connectivity index (χ4v) is 4.57. The lowest BCUT2D eigenvalue weighted by Gasteiger charge is -2.29. The minimum Gasteiger partial charge on any atom is -0.481 e. The van der Waals surface area contributed by atoms with Crippen molar-refractivity contribution in [3.63, 3.8) is 0 Å². The normalized spacial score (nSPS) is 19.9. The zero-order chi connectivity index (χ0) is 24.0. The van der Waals surface area contributed by atoms with Crippen LogP contribution in [0.3, 0.4) is 0 Å². The van der Waals surface area contributed by atoms with Gasteiger partial charge in [0.25, 0.3) is 0 Å². The van der Waals surface area contributed by atoms with E-state index in [2.05, 4.69) is 10.6 Å². The molecule has 176 valence electrons. The van der Waals surface area contributed by atoms with E-state index in [9.17, 15) is 24.3 Å². The van der Waals surface area contributed by atoms with Crippen molar-refractivity contribution in [3.05, 3.63) is 48.0 Å². The van der Waals surface area contributed by atoms with Gasteiger partial charge in [-0.2, -0.15) is 0 Å². The van der Waals surface area contributed by atoms with Gasteiger partial charge in [-0.05, 0) is 35.6 Å². The first-order valence-electron chi connectivity index (χ1n) is 11.4. The third kappa shape index (κ3) is 5.88. The second kappa shape index (κ2) is 10.9. The second-order valence-corrected chi connectivity index (χ2v) is 8.61. The highest BCUT2D eigenvalue weighted by Crippen LogP contribution is 2.30. The number of carboxylic acids is 1. The molecule has 8 nitrogen and oxygen atoms in total. The predicted octanol–water partition coefficient (Wildman–Crippen LogP) is 2.14. The minimum atomic E-state index is -0.996. The molecule has 0 aromatic heterocycles. The fraction of sp³-hybridized carbons (Fsp3) is 0.440. The first-order chi connectivity index (χ1) is 15.8. The summed E-state index contributed by atoms with van der Waals surface area (Å²) in [5, 5.41) is 16.9. The highest BCUT2D eigenvalue weighted by atomic mass is 16.4. The third-order valence-corrected chi connectivity index (χ3v) is 6.43. The summed E-state index contributed by atoms with van der Waals surface area (Å²) in [6, 6.07) is 11.6. The van der Waals surface area contributed by atoms with Gasteiger partial charge in [0.05, 0.1) is 11.8 Å². The number of carbonyl (C=O) groups excluding carboxylic acids is 3. The van der Waals surface area contributed by atoms with Crippen molar-refractivity contribution in [2.45, 2.75) is 57.5 Å². The van der Waals surface area contributed by atoms with E-state index in [-0.39, 0.29) is 6.42 Å². The van der Waals surface area contributed by atoms with Gasteiger partial charge in [-0.1, -0.05) is 62.2 Å². The van der Waals surface area contributed by atoms with Gasteiger partial charge in [-0.15, -0.1) is 0 Å². The van der Waals surface area contributed by atoms with Gasteiger partial charge in [0.2, 0.25) is 17.7 Å². The van der Waals surface area contributed by atoms with Gasteiger partial charge in [-0.3, -0.25) is 19.2 Å². The Bertz CT molecular complexity index is 1030. The molecule has 0 bridgehead atoms. The van der Waals surface area contributed by atoms with Crippen molar-refractivity contribution in [2.24, 2.45) is 17.6 Å². The summed E-state index contributed by atoms with van der Waals surface area (Å²) in [5.74, 6) is -4.09. The van der Waals surface area contributed by atoms with Gasteiger partial charge in [-0.25, -0.2) is 0 Å². The molecule has 0 radical (unpaired) electrons. The predicted molar refractivity (Wildman–Crippen MR) is 124 cm³/mol. The average Bonchev–Trinajstić information content (AvgIpc) is 2.81. The van der Waals surface area contributed by atoms with Crippen molar-refractivity contribution in [1.82, 2.24) is 10.6 Å². The molecule has 4 atom stereocenters. The molecule has 1 aliphatic carbocycles. The molecule has 1 saturated carbocycles. The molecule has 0 spiro atoms. The van der Waals surface area contributed by atoms with Gasteiger partial charge < -0.3 is 21.5 Å². The maximum atomic E-state index is 13.1. The summed E-state index contributed by atoms with van der Waals surface area (Å²) in [7, 11) is 0. The number of hydrogen-bond acceptors (Lipinski definition) is 4. The molecule has 3 rings (SSSR count). The van der Waals surface area contributed by atoms with E-state index in [4.69, 9.17) is 5.73 Å². The quantitative estimate of drug-likeness (QED) is 0.461. The van der Waals surface area contributed by atoms with E-state index in [1.807, 2.05) is 42.5 Å². The molecule has 0 aliphatic heterocycles. The van der Waals surface area contributed by atoms with Crippen molar-refractivity contribution in [2.75, 3.05) is 0 Å². The van der Waals surface area contributed by atoms with Crippen LogP contribution in [0.25, 0.3) is 10.8 Å². The van der Waals surface area contributed by atoms with Gasteiger partial charge >= 0.3 is 5.97 Å². The van der Waals surface area contributed by atoms with Crippen molar-refractivity contribution >= 4 is 34.5 Å². The molecule has 0 heterocycles. The molecule has 1 aliphatic rings. The number of hydrogen-bond donors (Lipinski definition) is 4. The Kier molecular flexibility index (Phi) is 8.03. The minimum absolute atomic E-state index is 0.193. The van der Waals surface area contributed by atoms with Crippen LogP contribution in [0.4, 0.5) is 0 Å². The number of nitrogens with two attached hydrogens (primary N) is 1. The van der Waals surface area contributed by atoms with Gasteiger partial charge in [0.1, 0.15) is 12.1 Å². The van der Waals surface area contributed by atoms with E-state index >= 15 is 0 Å². The highest BCUT2D eigenvalue weighted by Gasteiger charge is 2.37. The number of benzene rings is 2. The van der Waals surface area contributed by atoms with Gasteiger partial charge in [0, 0.05) is 6.42 Å². The Morgan fingerprint density at radius 3 is 2.30 bits per heavy atom. The van der Waals surface area contributed by atoms with Crippen LogP contribution in [0.2, 0.25) is 0 Å². The maximum Gasteiger partial charge on any atom is 0.307 e. The molecule has 3 amide bonds. The molecule has 8 heteroatoms. The Morgan fingerprint density at radius 2 is 1.64 bits per heavy atom. The summed E-state index contributed by atoms with van der Waals surface area (Å²) in [6.07, 6.45) is 2.94. The summed E-state index contributed by atoms with van der Waals surface area (Å²) in [4.78, 5) is 49.6. The van der Waals surface area contributed by atoms with E-state index in [0.29, 0.717) is 19.3 Å². The van der Waals surface area contributed by atoms with Crippen molar-refractivity contribution in [3.8, 4) is 0 Å². The number of nitrogens with one attached hydrogen (secondary N) is 2. The van der Waals surface area contributed by atoms with E-state index in [1.165, 1.54) is 0 Å². The van der Waals surface area contributed by atoms with Crippen molar-refractivity contribution < 1.29 is 24.3 Å². The largest absolute Gasteiger partial charge is 0.481 e. The van der Waals surface area contributed by atoms with E-state index < -0.39 is 47.6 Å². The molecule has 33 heavy (non-hydrogen) atoms. The highest BCUT2D eigenvalue weighted by molar-refractivity contribution is 5.94. The number of carboxylic acid groups (broad SMARTS) is 1. The first-order valence-corrected chi connectivity index (χ1v) is 11.4. The van der Waals surface area contributed by atoms with Crippen LogP contribution < -0.4 is 16.4 Å². The Labute approximate surface area is 192 Å². The molecule has 2 aromatic carbocycles. The SMILES string of the molecule is CC[C@H](NC(=O)[C@H](Cc1cccc2ccccc12)NC(=O)[C@H]1CCCC[C@@H]1C(=O)O)C(N)=O. The van der Waals surface area contributed by atoms with Crippen molar-refractivity contribution in [1.29, 1.82) is 0 Å². The zero-order valence-electron chi connectivity index (χ0n) is 18.8. The summed E-state index contributed by atoms with van der Waals surface area (Å²) in [6.45, 7) is 1.73. The summed E-state index contributed by atoms with van der Waals surface area (Å²) in [5.41, 5.74) is 6.25. The lowest BCUT2D eigenvalue weighted by molar-refractivity contribution is -0.149. The average molecular weight is 454 g/mol. The van der Waals surface area contributed by atoms with Crippen LogP contribution >= 0.6 is 0 Å². The zero-order valence-corrected chi connectivity index (χ0v) is 18.8. The lowest BCUT2D eigenvalue weighted by Crippen LogP contribution is -2.55. The van der Waals surface area contributed by atoms with Crippen LogP contribution in [0, 0.1) is 11.8 Å². The van der Waals surface area contributed by atoms with E-state index in [1.54, 1.807) is 6.92 Å². The lowest BCUT2D eigenvalue weighted by atomic mass is 9.78. The molecule has 2 aromatic rings. The molecule has 0 unspecified atom stereocenters. The molecular formula is C25H31N3O5. The number of aliphatic carboxylic acids is 1. The number of fused-ring (bicyclic) bond motifs is 1. The number of rotatable bonds is 9. The molecule has 5 N–H and O–H groups in total. The fourth-order valence-electron chi connectivity index (χ4n) is 4.57. The Hall–Kier alpha value is -3.42. The van der Waals surface area contributed by atoms with E-state index in [0.717, 1.165) is 29.2 Å². The summed E-state index contributed by atoms with van der Waals surface area (Å²) >= 11 is 0. The monoisotopic (exact) mass is 453 g/mol. The van der Waals surface area contributed by atoms with Crippen LogP contribution in [0.15, 0.2) is 42.5 Å². The number of amides is 3. The molecule has 1 fully saturated rings. The second-order valence-electron chi connectivity index (χ2n) is 8.61. The standard InChI is InChI=1S/C25H31N3O5/c1-2-20(22(26)29)27-24(31)21(14-16-10-7-9-15-8-3-4-11-17(15)16)28-23(30)18-12-5-6-13-19(18)25(32)33/h3-4,7-11,18-21H,2,5-6,12-14H2,1H3,(H2,26,29)(H,27,31)(H,28,30)(H,32,33)/t18-,19-,20-,21-/m0/s1. The molecule has 0 saturated heterocycles. The van der Waals surface area contributed by atoms with Crippen LogP contribution in [-0.4, -0.2) is 40.9 Å². The smallest absolute Gasteiger partial charge is 0.307 e. The first kappa shape index (κ1) is 24.2. The van der Waals surface area contributed by atoms with Crippen LogP contribution in [0.5, 0.6) is 0 Å². The number of primary amides is 1. The Morgan fingerprint density at radius 1 is 0.970 bits per heavy atom. The van der Waals surface area contributed by atoms with Crippen LogP contribution in [0.1, 0.15) is 44.6 Å². The third-order valence-electron chi connectivity index (χ3n) is 6.43. The maximum absolute atomic E-state index is 13.1. The topological polar surface area (TPSA) is 139 Å². The Balaban J connectivity index is 1.87. The van der Waals surface area contributed by atoms with Crippen LogP contribution in [-0.2, 0) is 25.6 Å². The number of carbonyl (C=O) groups is 4. The summed E-state index contributed by atoms with van der Waals surface area (Å²) < 4.78 is 0.